The molecule has 0 unspecified atom stereocenters. The summed E-state index contributed by atoms with van der Waals surface area (Å²) in [6, 6.07) is 0.397. The van der Waals surface area contributed by atoms with E-state index < -0.39 is 0 Å². The molecule has 6 nitrogen and oxygen atoms in total. The second kappa shape index (κ2) is 10.2. The van der Waals surface area contributed by atoms with E-state index in [1.165, 1.54) is 32.0 Å². The van der Waals surface area contributed by atoms with Gasteiger partial charge in [0, 0.05) is 42.6 Å². The first kappa shape index (κ1) is 32.8. The molecule has 4 saturated carbocycles. The summed E-state index contributed by atoms with van der Waals surface area (Å²) < 4.78 is 7.02. The number of allylic oxidation sites excluding steroid dienone is 2. The zero-order valence-corrected chi connectivity index (χ0v) is 30.6. The summed E-state index contributed by atoms with van der Waals surface area (Å²) in [4.78, 5) is 43.8. The third-order valence-electron chi connectivity index (χ3n) is 16.9. The molecular weight excluding hydrogens is 572 g/mol. The highest BCUT2D eigenvalue weighted by atomic mass is 16.5. The molecule has 8 rings (SSSR count). The number of rotatable bonds is 2. The molecular formula is C40H63N2O4+. The van der Waals surface area contributed by atoms with Crippen molar-refractivity contribution in [3.8, 4) is 0 Å². The van der Waals surface area contributed by atoms with E-state index in [-0.39, 0.29) is 56.4 Å². The van der Waals surface area contributed by atoms with Crippen LogP contribution in [-0.4, -0.2) is 72.4 Å². The number of esters is 1. The molecule has 5 aliphatic carbocycles. The van der Waals surface area contributed by atoms with Crippen LogP contribution < -0.4 is 0 Å². The molecule has 0 radical (unpaired) electrons. The second-order valence-electron chi connectivity index (χ2n) is 19.7. The van der Waals surface area contributed by atoms with Crippen molar-refractivity contribution in [2.24, 2.45) is 50.2 Å². The van der Waals surface area contributed by atoms with E-state index in [1.807, 2.05) is 0 Å². The Morgan fingerprint density at radius 3 is 2.22 bits per heavy atom. The van der Waals surface area contributed by atoms with Crippen LogP contribution in [0.2, 0.25) is 0 Å². The van der Waals surface area contributed by atoms with Crippen LogP contribution in [0.15, 0.2) is 11.6 Å². The van der Waals surface area contributed by atoms with E-state index in [0.29, 0.717) is 23.7 Å². The molecule has 8 aliphatic rings. The van der Waals surface area contributed by atoms with E-state index in [1.54, 1.807) is 0 Å². The lowest BCUT2D eigenvalue weighted by molar-refractivity contribution is -0.910. The molecule has 3 aliphatic heterocycles. The van der Waals surface area contributed by atoms with E-state index in [4.69, 9.17) is 4.74 Å². The number of likely N-dealkylation sites (N-methyl/N-ethyl adjacent to an activating group) is 1. The standard InChI is InChI=1S/C40H63N2O4/c1-26(43)46-32-11-14-38(6)31(35(32,2)3)10-15-40(8)33(38)30(44)24-28-29-25-37(5,17-16-36(29,4)18-19-39(28,40)7)34(45)41-20-23-42(9)21-12-27(41)13-22-42/h24,27,29,31-33H,10-23,25H2,1-9H3/q+1/t27?,29-,31-,32-,33+,36+,37-,38-,39+,40+,42?/m0/s1. The van der Waals surface area contributed by atoms with E-state index in [9.17, 15) is 14.4 Å². The molecule has 0 aromatic carbocycles. The number of quaternary nitrogens is 1. The van der Waals surface area contributed by atoms with Gasteiger partial charge < -0.3 is 14.1 Å². The average Bonchev–Trinajstić information content (AvgIpc) is 3.24. The molecule has 2 bridgehead atoms. The van der Waals surface area contributed by atoms with Gasteiger partial charge in [0.05, 0.1) is 33.2 Å². The summed E-state index contributed by atoms with van der Waals surface area (Å²) in [6.45, 7) is 22.6. The van der Waals surface area contributed by atoms with Crippen LogP contribution in [0.5, 0.6) is 0 Å². The van der Waals surface area contributed by atoms with Crippen LogP contribution in [0.1, 0.15) is 126 Å². The number of fused-ring (bicyclic) bond motifs is 11. The number of ketones is 1. The monoisotopic (exact) mass is 635 g/mol. The van der Waals surface area contributed by atoms with Gasteiger partial charge in [0.15, 0.2) is 5.78 Å². The Hall–Kier alpha value is -1.69. The third kappa shape index (κ3) is 4.39. The van der Waals surface area contributed by atoms with Crippen LogP contribution >= 0.6 is 0 Å². The molecule has 1 amide bonds. The lowest BCUT2D eigenvalue weighted by Crippen LogP contribution is -2.67. The van der Waals surface area contributed by atoms with E-state index >= 15 is 0 Å². The van der Waals surface area contributed by atoms with Crippen LogP contribution in [0.3, 0.4) is 0 Å². The minimum Gasteiger partial charge on any atom is -0.462 e. The van der Waals surface area contributed by atoms with Crippen LogP contribution in [0.25, 0.3) is 0 Å². The average molecular weight is 636 g/mol. The highest BCUT2D eigenvalue weighted by molar-refractivity contribution is 5.96. The van der Waals surface area contributed by atoms with Gasteiger partial charge in [-0.3, -0.25) is 14.4 Å². The molecule has 9 atom stereocenters. The van der Waals surface area contributed by atoms with E-state index in [0.717, 1.165) is 81.8 Å². The van der Waals surface area contributed by atoms with Gasteiger partial charge in [-0.2, -0.15) is 0 Å². The van der Waals surface area contributed by atoms with Gasteiger partial charge in [-0.05, 0) is 97.4 Å². The zero-order valence-electron chi connectivity index (χ0n) is 30.6. The number of piperidine rings is 1. The van der Waals surface area contributed by atoms with Crippen LogP contribution in [-0.2, 0) is 19.1 Å². The van der Waals surface area contributed by atoms with Crippen molar-refractivity contribution in [2.45, 2.75) is 138 Å². The number of amides is 1. The number of nitrogens with zero attached hydrogens (tertiary/aromatic N) is 2. The molecule has 0 aromatic rings. The maximum atomic E-state index is 14.8. The molecule has 6 heteroatoms. The zero-order chi connectivity index (χ0) is 33.3. The van der Waals surface area contributed by atoms with Crippen LogP contribution in [0, 0.1) is 50.2 Å². The quantitative estimate of drug-likeness (QED) is 0.235. The van der Waals surface area contributed by atoms with Crippen LogP contribution in [0.4, 0.5) is 0 Å². The SMILES string of the molecule is CC(=O)O[C@H]1CC[C@]2(C)[C@H]3C(=O)C=C4[C@@H]5C[C@@](C)(C(=O)N6CC[N+]7(C)CCC6CC7)CC[C@]5(C)CC[C@@]4(C)[C@]3(C)CC[C@H]2C1(C)C. The number of carbonyl (C=O) groups is 3. The third-order valence-corrected chi connectivity index (χ3v) is 16.9. The summed E-state index contributed by atoms with van der Waals surface area (Å²) in [5.74, 6) is 1.10. The maximum absolute atomic E-state index is 14.8. The maximum Gasteiger partial charge on any atom is 0.302 e. The van der Waals surface area contributed by atoms with Crippen molar-refractivity contribution in [3.63, 3.8) is 0 Å². The smallest absolute Gasteiger partial charge is 0.302 e. The first-order valence-corrected chi connectivity index (χ1v) is 18.9. The summed E-state index contributed by atoms with van der Waals surface area (Å²) in [6.07, 6.45) is 13.4. The highest BCUT2D eigenvalue weighted by Crippen LogP contribution is 2.75. The van der Waals surface area contributed by atoms with E-state index in [2.05, 4.69) is 66.5 Å². The summed E-state index contributed by atoms with van der Waals surface area (Å²) >= 11 is 0. The fourth-order valence-corrected chi connectivity index (χ4v) is 13.6. The summed E-state index contributed by atoms with van der Waals surface area (Å²) in [5.41, 5.74) is 0.665. The fourth-order valence-electron chi connectivity index (χ4n) is 13.6. The molecule has 0 aromatic heterocycles. The second-order valence-corrected chi connectivity index (χ2v) is 19.7. The Bertz CT molecular complexity index is 1360. The highest BCUT2D eigenvalue weighted by Gasteiger charge is 2.70. The number of hydrogen-bond acceptors (Lipinski definition) is 4. The lowest BCUT2D eigenvalue weighted by atomic mass is 9.33. The molecule has 3 saturated heterocycles. The Morgan fingerprint density at radius 1 is 0.870 bits per heavy atom. The van der Waals surface area contributed by atoms with Gasteiger partial charge in [0.2, 0.25) is 5.91 Å². The van der Waals surface area contributed by atoms with Crippen molar-refractivity contribution in [2.75, 3.05) is 33.2 Å². The van der Waals surface area contributed by atoms with Gasteiger partial charge >= 0.3 is 5.97 Å². The largest absolute Gasteiger partial charge is 0.462 e. The fraction of sp³-hybridized carbons (Fsp3) is 0.875. The minimum atomic E-state index is -0.372. The Morgan fingerprint density at radius 2 is 1.54 bits per heavy atom. The normalized spacial score (nSPS) is 51.1. The Kier molecular flexibility index (Phi) is 7.26. The number of ether oxygens (including phenoxy) is 1. The van der Waals surface area contributed by atoms with Crippen molar-refractivity contribution in [1.82, 2.24) is 4.90 Å². The number of carbonyl (C=O) groups excluding carboxylic acids is 3. The number of hydrogen-bond donors (Lipinski definition) is 0. The first-order valence-electron chi connectivity index (χ1n) is 18.9. The summed E-state index contributed by atoms with van der Waals surface area (Å²) in [5, 5.41) is 0. The van der Waals surface area contributed by atoms with Crippen molar-refractivity contribution < 1.29 is 23.6 Å². The predicted molar refractivity (Wildman–Crippen MR) is 181 cm³/mol. The molecule has 46 heavy (non-hydrogen) atoms. The molecule has 3 heterocycles. The molecule has 0 spiro atoms. The van der Waals surface area contributed by atoms with Gasteiger partial charge in [-0.1, -0.05) is 54.0 Å². The van der Waals surface area contributed by atoms with Crippen molar-refractivity contribution >= 4 is 17.7 Å². The Labute approximate surface area is 279 Å². The van der Waals surface area contributed by atoms with Gasteiger partial charge in [0.1, 0.15) is 6.10 Å². The lowest BCUT2D eigenvalue weighted by Gasteiger charge is -2.70. The van der Waals surface area contributed by atoms with Gasteiger partial charge in [0.25, 0.3) is 0 Å². The Balaban J connectivity index is 1.22. The van der Waals surface area contributed by atoms with Gasteiger partial charge in [-0.15, -0.1) is 0 Å². The topological polar surface area (TPSA) is 63.7 Å². The molecule has 0 N–H and O–H groups in total. The predicted octanol–water partition coefficient (Wildman–Crippen LogP) is 7.35. The molecule has 256 valence electrons. The molecule has 7 fully saturated rings. The van der Waals surface area contributed by atoms with Crippen molar-refractivity contribution in [3.05, 3.63) is 11.6 Å². The first-order chi connectivity index (χ1) is 21.3. The summed E-state index contributed by atoms with van der Waals surface area (Å²) in [7, 11) is 2.38. The minimum absolute atomic E-state index is 0.0297. The van der Waals surface area contributed by atoms with Crippen molar-refractivity contribution in [1.29, 1.82) is 0 Å². The van der Waals surface area contributed by atoms with Gasteiger partial charge in [-0.25, -0.2) is 0 Å².